The first-order valence-electron chi connectivity index (χ1n) is 3.24. The number of H-pyrrole nitrogens is 1. The van der Waals surface area contributed by atoms with Crippen LogP contribution >= 0.6 is 11.6 Å². The van der Waals surface area contributed by atoms with Crippen LogP contribution in [-0.4, -0.2) is 11.0 Å². The molecule has 4 nitrogen and oxygen atoms in total. The molecule has 3 N–H and O–H groups in total. The third kappa shape index (κ3) is 1.64. The molecule has 0 amide bonds. The fourth-order valence-electron chi connectivity index (χ4n) is 0.870. The summed E-state index contributed by atoms with van der Waals surface area (Å²) in [6.07, 6.45) is 0.500. The highest BCUT2D eigenvalue weighted by atomic mass is 35.5. The molecular weight excluding hydrogens is 168 g/mol. The van der Waals surface area contributed by atoms with Gasteiger partial charge in [0.25, 0.3) is 5.56 Å². The van der Waals surface area contributed by atoms with E-state index in [-0.39, 0.29) is 12.1 Å². The maximum absolute atomic E-state index is 10.9. The number of nitrogens with one attached hydrogen (secondary N) is 1. The van der Waals surface area contributed by atoms with E-state index in [1.165, 1.54) is 0 Å². The molecule has 0 atom stereocenters. The average Bonchev–Trinajstić information content (AvgIpc) is 2.34. The van der Waals surface area contributed by atoms with Crippen molar-refractivity contribution in [3.63, 3.8) is 0 Å². The van der Waals surface area contributed by atoms with Crippen molar-refractivity contribution in [2.45, 2.75) is 13.0 Å². The molecule has 0 radical (unpaired) electrons. The SMILES string of the molecule is NCc1o[nH]c(=O)c1CCCl. The maximum Gasteiger partial charge on any atom is 0.283 e. The predicted octanol–water partition coefficient (Wildman–Crippen LogP) is 0.208. The minimum absolute atomic E-state index is 0.227. The number of hydrogen-bond donors (Lipinski definition) is 2. The van der Waals surface area contributed by atoms with E-state index in [2.05, 4.69) is 5.16 Å². The number of rotatable bonds is 3. The number of halogens is 1. The topological polar surface area (TPSA) is 72.0 Å². The summed E-state index contributed by atoms with van der Waals surface area (Å²) in [5.74, 6) is 0.894. The number of aromatic nitrogens is 1. The number of aromatic amines is 1. The van der Waals surface area contributed by atoms with Crippen molar-refractivity contribution in [3.05, 3.63) is 21.7 Å². The maximum atomic E-state index is 10.9. The second-order valence-electron chi connectivity index (χ2n) is 2.08. The Morgan fingerprint density at radius 1 is 1.64 bits per heavy atom. The van der Waals surface area contributed by atoms with Gasteiger partial charge in [0.2, 0.25) is 0 Å². The van der Waals surface area contributed by atoms with Crippen LogP contribution in [0.2, 0.25) is 0 Å². The van der Waals surface area contributed by atoms with Gasteiger partial charge in [0.15, 0.2) is 5.76 Å². The Morgan fingerprint density at radius 3 is 2.91 bits per heavy atom. The van der Waals surface area contributed by atoms with Crippen molar-refractivity contribution >= 4 is 11.6 Å². The van der Waals surface area contributed by atoms with Crippen molar-refractivity contribution in [1.82, 2.24) is 5.16 Å². The molecule has 0 saturated heterocycles. The van der Waals surface area contributed by atoms with Crippen LogP contribution < -0.4 is 11.3 Å². The van der Waals surface area contributed by atoms with Gasteiger partial charge in [-0.1, -0.05) is 0 Å². The fourth-order valence-corrected chi connectivity index (χ4v) is 1.06. The van der Waals surface area contributed by atoms with E-state index in [0.717, 1.165) is 0 Å². The summed E-state index contributed by atoms with van der Waals surface area (Å²) in [5, 5.41) is 2.20. The lowest BCUT2D eigenvalue weighted by Gasteiger charge is -1.91. The summed E-state index contributed by atoms with van der Waals surface area (Å²) in [7, 11) is 0. The molecule has 0 saturated carbocycles. The zero-order chi connectivity index (χ0) is 8.27. The van der Waals surface area contributed by atoms with Gasteiger partial charge in [-0.3, -0.25) is 4.79 Å². The molecule has 1 aromatic heterocycles. The Balaban J connectivity index is 2.97. The average molecular weight is 177 g/mol. The number of nitrogens with two attached hydrogens (primary N) is 1. The van der Waals surface area contributed by atoms with Crippen molar-refractivity contribution < 1.29 is 4.52 Å². The summed E-state index contributed by atoms with van der Waals surface area (Å²) >= 11 is 5.46. The van der Waals surface area contributed by atoms with Crippen LogP contribution in [0.3, 0.4) is 0 Å². The lowest BCUT2D eigenvalue weighted by Crippen LogP contribution is -2.09. The highest BCUT2D eigenvalue weighted by Crippen LogP contribution is 2.02. The first-order chi connectivity index (χ1) is 5.29. The molecule has 1 rings (SSSR count). The zero-order valence-corrected chi connectivity index (χ0v) is 6.65. The Kier molecular flexibility index (Phi) is 2.73. The number of hydrogen-bond acceptors (Lipinski definition) is 3. The number of alkyl halides is 1. The van der Waals surface area contributed by atoms with Crippen LogP contribution in [0.25, 0.3) is 0 Å². The monoisotopic (exact) mass is 176 g/mol. The molecule has 11 heavy (non-hydrogen) atoms. The van der Waals surface area contributed by atoms with Gasteiger partial charge >= 0.3 is 0 Å². The summed E-state index contributed by atoms with van der Waals surface area (Å²) < 4.78 is 4.78. The van der Waals surface area contributed by atoms with Crippen LogP contribution in [0.5, 0.6) is 0 Å². The summed E-state index contributed by atoms with van der Waals surface area (Å²) in [6, 6.07) is 0. The summed E-state index contributed by atoms with van der Waals surface area (Å²) in [5.41, 5.74) is 5.63. The Labute approximate surface area is 68.3 Å². The van der Waals surface area contributed by atoms with Gasteiger partial charge < -0.3 is 10.3 Å². The summed E-state index contributed by atoms with van der Waals surface area (Å²) in [6.45, 7) is 0.227. The van der Waals surface area contributed by atoms with Gasteiger partial charge in [-0.15, -0.1) is 11.6 Å². The van der Waals surface area contributed by atoms with Crippen LogP contribution in [-0.2, 0) is 13.0 Å². The lowest BCUT2D eigenvalue weighted by molar-refractivity contribution is 0.379. The quantitative estimate of drug-likeness (QED) is 0.647. The van der Waals surface area contributed by atoms with Gasteiger partial charge in [0.05, 0.1) is 12.1 Å². The van der Waals surface area contributed by atoms with E-state index in [9.17, 15) is 4.79 Å². The van der Waals surface area contributed by atoms with Crippen LogP contribution in [0.15, 0.2) is 9.32 Å². The third-order valence-electron chi connectivity index (χ3n) is 1.41. The highest BCUT2D eigenvalue weighted by molar-refractivity contribution is 6.17. The van der Waals surface area contributed by atoms with E-state index in [1.54, 1.807) is 0 Å². The Hall–Kier alpha value is -0.740. The molecule has 0 aliphatic heterocycles. The second kappa shape index (κ2) is 3.59. The van der Waals surface area contributed by atoms with Crippen LogP contribution in [0, 0.1) is 0 Å². The largest absolute Gasteiger partial charge is 0.382 e. The molecule has 1 aromatic rings. The molecule has 0 fully saturated rings. The Morgan fingerprint density at radius 2 is 2.36 bits per heavy atom. The lowest BCUT2D eigenvalue weighted by atomic mass is 10.2. The normalized spacial score (nSPS) is 10.4. The summed E-state index contributed by atoms with van der Waals surface area (Å²) in [4.78, 5) is 10.9. The van der Waals surface area contributed by atoms with E-state index in [1.807, 2.05) is 0 Å². The van der Waals surface area contributed by atoms with Crippen LogP contribution in [0.1, 0.15) is 11.3 Å². The smallest absolute Gasteiger partial charge is 0.283 e. The van der Waals surface area contributed by atoms with Gasteiger partial charge in [-0.05, 0) is 6.42 Å². The molecule has 1 heterocycles. The minimum Gasteiger partial charge on any atom is -0.382 e. The second-order valence-corrected chi connectivity index (χ2v) is 2.46. The van der Waals surface area contributed by atoms with Gasteiger partial charge in [-0.25, -0.2) is 0 Å². The first-order valence-corrected chi connectivity index (χ1v) is 3.78. The van der Waals surface area contributed by atoms with Crippen molar-refractivity contribution in [3.8, 4) is 0 Å². The van der Waals surface area contributed by atoms with Gasteiger partial charge in [0, 0.05) is 5.88 Å². The fraction of sp³-hybridized carbons (Fsp3) is 0.500. The van der Waals surface area contributed by atoms with E-state index < -0.39 is 0 Å². The van der Waals surface area contributed by atoms with E-state index in [0.29, 0.717) is 23.6 Å². The third-order valence-corrected chi connectivity index (χ3v) is 1.60. The van der Waals surface area contributed by atoms with E-state index >= 15 is 0 Å². The minimum atomic E-state index is -0.230. The van der Waals surface area contributed by atoms with Crippen LogP contribution in [0.4, 0.5) is 0 Å². The molecule has 5 heteroatoms. The molecule has 0 bridgehead atoms. The standard InChI is InChI=1S/C6H9ClN2O2/c7-2-1-4-5(3-8)11-9-6(4)10/h1-3,8H2,(H,9,10). The first kappa shape index (κ1) is 8.36. The van der Waals surface area contributed by atoms with Gasteiger partial charge in [-0.2, -0.15) is 5.16 Å². The molecule has 0 spiro atoms. The van der Waals surface area contributed by atoms with Crippen molar-refractivity contribution in [2.24, 2.45) is 5.73 Å². The van der Waals surface area contributed by atoms with Gasteiger partial charge in [0.1, 0.15) is 0 Å². The highest BCUT2D eigenvalue weighted by Gasteiger charge is 2.09. The Bertz CT molecular complexity index is 278. The van der Waals surface area contributed by atoms with E-state index in [4.69, 9.17) is 21.9 Å². The predicted molar refractivity (Wildman–Crippen MR) is 41.6 cm³/mol. The molecule has 0 aromatic carbocycles. The van der Waals surface area contributed by atoms with Crippen molar-refractivity contribution in [1.29, 1.82) is 0 Å². The molecular formula is C6H9ClN2O2. The molecule has 0 unspecified atom stereocenters. The van der Waals surface area contributed by atoms with Crippen molar-refractivity contribution in [2.75, 3.05) is 5.88 Å². The molecule has 0 aliphatic rings. The molecule has 62 valence electrons. The molecule has 0 aliphatic carbocycles. The zero-order valence-electron chi connectivity index (χ0n) is 5.89.